The van der Waals surface area contributed by atoms with Gasteiger partial charge in [0.05, 0.1) is 6.10 Å². The molecule has 0 spiro atoms. The second-order valence-corrected chi connectivity index (χ2v) is 3.75. The first-order valence-electron chi connectivity index (χ1n) is 4.80. The fourth-order valence-electron chi connectivity index (χ4n) is 1.92. The lowest BCUT2D eigenvalue weighted by Crippen LogP contribution is -2.45. The second kappa shape index (κ2) is 4.21. The number of likely N-dealkylation sites (tertiary alicyclic amines) is 1. The van der Waals surface area contributed by atoms with Crippen LogP contribution in [0.1, 0.15) is 26.7 Å². The first-order valence-corrected chi connectivity index (χ1v) is 4.80. The third-order valence-electron chi connectivity index (χ3n) is 2.92. The Morgan fingerprint density at radius 2 is 2.25 bits per heavy atom. The summed E-state index contributed by atoms with van der Waals surface area (Å²) < 4.78 is 0. The first-order chi connectivity index (χ1) is 5.66. The summed E-state index contributed by atoms with van der Waals surface area (Å²) in [6.45, 7) is 5.72. The van der Waals surface area contributed by atoms with Crippen molar-refractivity contribution in [2.45, 2.75) is 44.9 Å². The second-order valence-electron chi connectivity index (χ2n) is 3.75. The standard InChI is InChI=1S/C9H20N2O/c1-7(8(2)12)11-5-3-4-9(11)6-10/h7-9,12H,3-6,10H2,1-2H3. The van der Waals surface area contributed by atoms with Gasteiger partial charge >= 0.3 is 0 Å². The Hall–Kier alpha value is -0.120. The molecular weight excluding hydrogens is 152 g/mol. The average Bonchev–Trinajstić information content (AvgIpc) is 2.49. The number of aliphatic hydroxyl groups excluding tert-OH is 1. The monoisotopic (exact) mass is 172 g/mol. The number of rotatable bonds is 3. The molecule has 1 aliphatic rings. The number of nitrogens with zero attached hydrogens (tertiary/aromatic N) is 1. The Bertz CT molecular complexity index is 138. The van der Waals surface area contributed by atoms with E-state index in [0.717, 1.165) is 13.1 Å². The molecule has 1 rings (SSSR count). The van der Waals surface area contributed by atoms with Crippen LogP contribution in [0, 0.1) is 0 Å². The molecule has 3 heteroatoms. The Morgan fingerprint density at radius 1 is 1.58 bits per heavy atom. The van der Waals surface area contributed by atoms with Gasteiger partial charge in [0.1, 0.15) is 0 Å². The van der Waals surface area contributed by atoms with Gasteiger partial charge in [-0.3, -0.25) is 4.90 Å². The summed E-state index contributed by atoms with van der Waals surface area (Å²) in [5.74, 6) is 0. The van der Waals surface area contributed by atoms with Gasteiger partial charge in [-0.15, -0.1) is 0 Å². The van der Waals surface area contributed by atoms with Crippen LogP contribution in [-0.2, 0) is 0 Å². The van der Waals surface area contributed by atoms with Crippen LogP contribution >= 0.6 is 0 Å². The molecule has 0 radical (unpaired) electrons. The van der Waals surface area contributed by atoms with Crippen LogP contribution in [0.2, 0.25) is 0 Å². The molecule has 1 saturated heterocycles. The molecule has 0 saturated carbocycles. The fraction of sp³-hybridized carbons (Fsp3) is 1.00. The van der Waals surface area contributed by atoms with E-state index in [1.165, 1.54) is 12.8 Å². The number of aliphatic hydroxyl groups is 1. The zero-order valence-electron chi connectivity index (χ0n) is 8.03. The molecule has 3 unspecified atom stereocenters. The molecular formula is C9H20N2O. The third kappa shape index (κ3) is 1.97. The molecule has 3 nitrogen and oxygen atoms in total. The van der Waals surface area contributed by atoms with Gasteiger partial charge in [0, 0.05) is 18.6 Å². The van der Waals surface area contributed by atoms with Crippen LogP contribution in [0.3, 0.4) is 0 Å². The van der Waals surface area contributed by atoms with E-state index in [1.807, 2.05) is 6.92 Å². The molecule has 0 aromatic carbocycles. The number of nitrogens with two attached hydrogens (primary N) is 1. The zero-order chi connectivity index (χ0) is 9.14. The highest BCUT2D eigenvalue weighted by Gasteiger charge is 2.29. The molecule has 1 fully saturated rings. The van der Waals surface area contributed by atoms with Crippen molar-refractivity contribution in [3.05, 3.63) is 0 Å². The van der Waals surface area contributed by atoms with E-state index in [2.05, 4.69) is 11.8 Å². The molecule has 0 aromatic heterocycles. The van der Waals surface area contributed by atoms with Crippen LogP contribution in [0.25, 0.3) is 0 Å². The molecule has 0 aliphatic carbocycles. The van der Waals surface area contributed by atoms with E-state index < -0.39 is 0 Å². The molecule has 1 heterocycles. The summed E-state index contributed by atoms with van der Waals surface area (Å²) in [5.41, 5.74) is 5.64. The maximum Gasteiger partial charge on any atom is 0.0664 e. The highest BCUT2D eigenvalue weighted by molar-refractivity contribution is 4.85. The predicted octanol–water partition coefficient (Wildman–Crippen LogP) is 0.179. The normalized spacial score (nSPS) is 30.5. The highest BCUT2D eigenvalue weighted by Crippen LogP contribution is 2.20. The van der Waals surface area contributed by atoms with Crippen LogP contribution in [0.15, 0.2) is 0 Å². The Labute approximate surface area is 74.5 Å². The van der Waals surface area contributed by atoms with Crippen LogP contribution in [-0.4, -0.2) is 41.3 Å². The van der Waals surface area contributed by atoms with Crippen molar-refractivity contribution in [1.29, 1.82) is 0 Å². The van der Waals surface area contributed by atoms with Gasteiger partial charge in [-0.2, -0.15) is 0 Å². The SMILES string of the molecule is CC(O)C(C)N1CCCC1CN. The fourth-order valence-corrected chi connectivity index (χ4v) is 1.92. The predicted molar refractivity (Wildman–Crippen MR) is 49.9 cm³/mol. The molecule has 1 aliphatic heterocycles. The molecule has 0 bridgehead atoms. The minimum Gasteiger partial charge on any atom is -0.392 e. The molecule has 12 heavy (non-hydrogen) atoms. The lowest BCUT2D eigenvalue weighted by Gasteiger charge is -2.31. The quantitative estimate of drug-likeness (QED) is 0.638. The molecule has 72 valence electrons. The minimum absolute atomic E-state index is 0.251. The van der Waals surface area contributed by atoms with Crippen molar-refractivity contribution in [2.75, 3.05) is 13.1 Å². The van der Waals surface area contributed by atoms with Crippen molar-refractivity contribution in [3.63, 3.8) is 0 Å². The van der Waals surface area contributed by atoms with Gasteiger partial charge in [-0.25, -0.2) is 0 Å². The van der Waals surface area contributed by atoms with Crippen molar-refractivity contribution in [3.8, 4) is 0 Å². The maximum absolute atomic E-state index is 9.41. The minimum atomic E-state index is -0.253. The van der Waals surface area contributed by atoms with Gasteiger partial charge < -0.3 is 10.8 Å². The van der Waals surface area contributed by atoms with E-state index in [1.54, 1.807) is 0 Å². The topological polar surface area (TPSA) is 49.5 Å². The Balaban J connectivity index is 2.49. The zero-order valence-corrected chi connectivity index (χ0v) is 8.03. The molecule has 0 amide bonds. The van der Waals surface area contributed by atoms with Gasteiger partial charge in [-0.1, -0.05) is 0 Å². The van der Waals surface area contributed by atoms with Crippen LogP contribution < -0.4 is 5.73 Å². The first kappa shape index (κ1) is 9.96. The summed E-state index contributed by atoms with van der Waals surface area (Å²) in [4.78, 5) is 2.32. The average molecular weight is 172 g/mol. The van der Waals surface area contributed by atoms with Gasteiger partial charge in [0.2, 0.25) is 0 Å². The molecule has 3 N–H and O–H groups in total. The summed E-state index contributed by atoms with van der Waals surface area (Å²) in [5, 5.41) is 9.41. The van der Waals surface area contributed by atoms with E-state index in [0.29, 0.717) is 6.04 Å². The summed E-state index contributed by atoms with van der Waals surface area (Å²) in [6, 6.07) is 0.746. The summed E-state index contributed by atoms with van der Waals surface area (Å²) in [7, 11) is 0. The smallest absolute Gasteiger partial charge is 0.0664 e. The van der Waals surface area contributed by atoms with Crippen LogP contribution in [0.5, 0.6) is 0 Å². The van der Waals surface area contributed by atoms with E-state index in [9.17, 15) is 5.11 Å². The number of hydrogen-bond donors (Lipinski definition) is 2. The van der Waals surface area contributed by atoms with Crippen molar-refractivity contribution in [2.24, 2.45) is 5.73 Å². The van der Waals surface area contributed by atoms with E-state index in [4.69, 9.17) is 5.73 Å². The largest absolute Gasteiger partial charge is 0.392 e. The van der Waals surface area contributed by atoms with Gasteiger partial charge in [0.25, 0.3) is 0 Å². The number of hydrogen-bond acceptors (Lipinski definition) is 3. The highest BCUT2D eigenvalue weighted by atomic mass is 16.3. The Kier molecular flexibility index (Phi) is 3.50. The maximum atomic E-state index is 9.41. The third-order valence-corrected chi connectivity index (χ3v) is 2.92. The Morgan fingerprint density at radius 3 is 2.75 bits per heavy atom. The van der Waals surface area contributed by atoms with Crippen molar-refractivity contribution < 1.29 is 5.11 Å². The summed E-state index contributed by atoms with van der Waals surface area (Å²) in [6.07, 6.45) is 2.16. The lowest BCUT2D eigenvalue weighted by molar-refractivity contribution is 0.0649. The van der Waals surface area contributed by atoms with E-state index >= 15 is 0 Å². The van der Waals surface area contributed by atoms with E-state index in [-0.39, 0.29) is 12.1 Å². The van der Waals surface area contributed by atoms with Crippen molar-refractivity contribution in [1.82, 2.24) is 4.90 Å². The summed E-state index contributed by atoms with van der Waals surface area (Å²) >= 11 is 0. The molecule has 0 aromatic rings. The van der Waals surface area contributed by atoms with Gasteiger partial charge in [0.15, 0.2) is 0 Å². The lowest BCUT2D eigenvalue weighted by atomic mass is 10.1. The van der Waals surface area contributed by atoms with Crippen molar-refractivity contribution >= 4 is 0 Å². The molecule has 3 atom stereocenters. The van der Waals surface area contributed by atoms with Crippen LogP contribution in [0.4, 0.5) is 0 Å². The van der Waals surface area contributed by atoms with Gasteiger partial charge in [-0.05, 0) is 33.2 Å².